The van der Waals surface area contributed by atoms with Crippen molar-refractivity contribution in [2.75, 3.05) is 6.54 Å². The average Bonchev–Trinajstić information content (AvgIpc) is 3.08. The van der Waals surface area contributed by atoms with Gasteiger partial charge in [0.15, 0.2) is 5.17 Å². The van der Waals surface area contributed by atoms with Crippen molar-refractivity contribution in [3.63, 3.8) is 0 Å². The van der Waals surface area contributed by atoms with Crippen LogP contribution in [0.2, 0.25) is 0 Å². The minimum atomic E-state index is -1.15. The number of thioether (sulfide) groups is 1. The van der Waals surface area contributed by atoms with Gasteiger partial charge >= 0.3 is 5.97 Å². The zero-order chi connectivity index (χ0) is 15.9. The van der Waals surface area contributed by atoms with Gasteiger partial charge in [0.1, 0.15) is 17.6 Å². The molecule has 1 aliphatic heterocycles. The number of carboxylic acids is 1. The first kappa shape index (κ1) is 15.8. The summed E-state index contributed by atoms with van der Waals surface area (Å²) in [5, 5.41) is 20.3. The summed E-state index contributed by atoms with van der Waals surface area (Å²) >= 11 is 1.06. The molecule has 0 bridgehead atoms. The van der Waals surface area contributed by atoms with E-state index in [1.807, 2.05) is 0 Å². The van der Waals surface area contributed by atoms with Crippen LogP contribution in [0, 0.1) is 0 Å². The van der Waals surface area contributed by atoms with E-state index < -0.39 is 23.7 Å². The SMILES string of the molecule is O=C(O)CNC(=O)C[C@@H]1SC(=N/N=C\c2ccco2)NC1=O. The largest absolute Gasteiger partial charge is 0.480 e. The third-order valence-corrected chi connectivity index (χ3v) is 3.53. The average molecular weight is 324 g/mol. The third-order valence-electron chi connectivity index (χ3n) is 2.46. The summed E-state index contributed by atoms with van der Waals surface area (Å²) in [4.78, 5) is 33.5. The molecule has 2 rings (SSSR count). The molecule has 1 saturated heterocycles. The minimum absolute atomic E-state index is 0.134. The predicted octanol–water partition coefficient (Wildman–Crippen LogP) is -0.208. The first-order valence-electron chi connectivity index (χ1n) is 6.15. The van der Waals surface area contributed by atoms with Crippen LogP contribution in [0.25, 0.3) is 0 Å². The van der Waals surface area contributed by atoms with E-state index in [2.05, 4.69) is 20.8 Å². The lowest BCUT2D eigenvalue weighted by Gasteiger charge is -2.04. The highest BCUT2D eigenvalue weighted by Gasteiger charge is 2.32. The molecule has 0 aromatic carbocycles. The summed E-state index contributed by atoms with van der Waals surface area (Å²) in [5.74, 6) is -1.52. The molecule has 0 unspecified atom stereocenters. The Bertz CT molecular complexity index is 625. The molecular weight excluding hydrogens is 312 g/mol. The Hall–Kier alpha value is -2.62. The second kappa shape index (κ2) is 7.41. The maximum absolute atomic E-state index is 11.7. The van der Waals surface area contributed by atoms with E-state index >= 15 is 0 Å². The zero-order valence-electron chi connectivity index (χ0n) is 11.2. The smallest absolute Gasteiger partial charge is 0.322 e. The molecule has 116 valence electrons. The van der Waals surface area contributed by atoms with E-state index in [1.165, 1.54) is 12.5 Å². The van der Waals surface area contributed by atoms with Gasteiger partial charge in [0.25, 0.3) is 0 Å². The Kier molecular flexibility index (Phi) is 5.31. The van der Waals surface area contributed by atoms with Crippen molar-refractivity contribution in [3.05, 3.63) is 24.2 Å². The molecular formula is C12H12N4O5S. The number of carbonyl (C=O) groups is 3. The number of hydrogen-bond donors (Lipinski definition) is 3. The first-order valence-corrected chi connectivity index (χ1v) is 7.03. The van der Waals surface area contributed by atoms with Gasteiger partial charge in [-0.1, -0.05) is 11.8 Å². The van der Waals surface area contributed by atoms with Crippen molar-refractivity contribution in [1.82, 2.24) is 10.6 Å². The predicted molar refractivity (Wildman–Crippen MR) is 78.5 cm³/mol. The molecule has 1 aromatic rings. The lowest BCUT2D eigenvalue weighted by atomic mass is 10.2. The number of hydrogen-bond acceptors (Lipinski definition) is 7. The van der Waals surface area contributed by atoms with Gasteiger partial charge in [-0.05, 0) is 12.1 Å². The van der Waals surface area contributed by atoms with Gasteiger partial charge in [0.2, 0.25) is 11.8 Å². The van der Waals surface area contributed by atoms with Crippen LogP contribution in [0.4, 0.5) is 0 Å². The molecule has 10 heteroatoms. The van der Waals surface area contributed by atoms with Crippen molar-refractivity contribution in [1.29, 1.82) is 0 Å². The topological polar surface area (TPSA) is 133 Å². The number of aliphatic carboxylic acids is 1. The summed E-state index contributed by atoms with van der Waals surface area (Å²) < 4.78 is 5.03. The van der Waals surface area contributed by atoms with Crippen molar-refractivity contribution in [2.45, 2.75) is 11.7 Å². The molecule has 0 saturated carbocycles. The first-order chi connectivity index (χ1) is 10.5. The second-order valence-electron chi connectivity index (χ2n) is 4.14. The monoisotopic (exact) mass is 324 g/mol. The molecule has 1 aromatic heterocycles. The standard InChI is InChI=1S/C12H12N4O5S/c17-9(13-6-10(18)19)4-8-11(20)15-12(22-8)16-14-5-7-2-1-3-21-7/h1-3,5,8H,4,6H2,(H,13,17)(H,18,19)(H,15,16,20)/b14-5-/t8-/m0/s1. The maximum Gasteiger partial charge on any atom is 0.322 e. The van der Waals surface area contributed by atoms with Gasteiger partial charge in [-0.15, -0.1) is 5.10 Å². The van der Waals surface area contributed by atoms with E-state index in [0.29, 0.717) is 5.76 Å². The van der Waals surface area contributed by atoms with Crippen LogP contribution < -0.4 is 10.6 Å². The Labute approximate surface area is 128 Å². The summed E-state index contributed by atoms with van der Waals surface area (Å²) in [5.41, 5.74) is 0. The van der Waals surface area contributed by atoms with Gasteiger partial charge in [-0.25, -0.2) is 0 Å². The van der Waals surface area contributed by atoms with Crippen LogP contribution in [0.15, 0.2) is 33.0 Å². The fraction of sp³-hybridized carbons (Fsp3) is 0.250. The summed E-state index contributed by atoms with van der Waals surface area (Å²) in [6.07, 6.45) is 2.74. The molecule has 0 radical (unpaired) electrons. The van der Waals surface area contributed by atoms with Crippen molar-refractivity contribution in [3.8, 4) is 0 Å². The van der Waals surface area contributed by atoms with Gasteiger partial charge in [0.05, 0.1) is 12.5 Å². The fourth-order valence-corrected chi connectivity index (χ4v) is 2.43. The quantitative estimate of drug-likeness (QED) is 0.490. The van der Waals surface area contributed by atoms with Crippen LogP contribution >= 0.6 is 11.8 Å². The molecule has 1 atom stereocenters. The molecule has 3 N–H and O–H groups in total. The number of carboxylic acid groups (broad SMARTS) is 1. The summed E-state index contributed by atoms with van der Waals surface area (Å²) in [7, 11) is 0. The molecule has 1 aliphatic rings. The maximum atomic E-state index is 11.7. The van der Waals surface area contributed by atoms with E-state index in [4.69, 9.17) is 9.52 Å². The van der Waals surface area contributed by atoms with Gasteiger partial charge in [-0.3, -0.25) is 14.4 Å². The Balaban J connectivity index is 1.85. The summed E-state index contributed by atoms with van der Waals surface area (Å²) in [6.45, 7) is -0.480. The van der Waals surface area contributed by atoms with Gasteiger partial charge in [-0.2, -0.15) is 5.10 Å². The van der Waals surface area contributed by atoms with E-state index in [0.717, 1.165) is 11.8 Å². The van der Waals surface area contributed by atoms with Crippen molar-refractivity contribution >= 4 is 40.9 Å². The normalized spacial score (nSPS) is 19.5. The van der Waals surface area contributed by atoms with Crippen molar-refractivity contribution < 1.29 is 23.9 Å². The number of nitrogens with zero attached hydrogens (tertiary/aromatic N) is 2. The van der Waals surface area contributed by atoms with Crippen LogP contribution in [0.1, 0.15) is 12.2 Å². The molecule has 2 heterocycles. The highest BCUT2D eigenvalue weighted by Crippen LogP contribution is 2.22. The lowest BCUT2D eigenvalue weighted by molar-refractivity contribution is -0.137. The van der Waals surface area contributed by atoms with Crippen LogP contribution in [0.5, 0.6) is 0 Å². The molecule has 1 fully saturated rings. The molecule has 9 nitrogen and oxygen atoms in total. The third kappa shape index (κ3) is 4.74. The number of rotatable bonds is 6. The molecule has 0 spiro atoms. The molecule has 2 amide bonds. The van der Waals surface area contributed by atoms with Gasteiger partial charge < -0.3 is 20.2 Å². The zero-order valence-corrected chi connectivity index (χ0v) is 12.0. The molecule has 22 heavy (non-hydrogen) atoms. The number of amides is 2. The second-order valence-corrected chi connectivity index (χ2v) is 5.33. The van der Waals surface area contributed by atoms with Crippen LogP contribution in [0.3, 0.4) is 0 Å². The van der Waals surface area contributed by atoms with Crippen LogP contribution in [-0.4, -0.2) is 46.1 Å². The fourth-order valence-electron chi connectivity index (χ4n) is 1.50. The number of furan rings is 1. The molecule has 0 aliphatic carbocycles. The minimum Gasteiger partial charge on any atom is -0.480 e. The Morgan fingerprint density at radius 3 is 3.05 bits per heavy atom. The van der Waals surface area contributed by atoms with E-state index in [9.17, 15) is 14.4 Å². The van der Waals surface area contributed by atoms with E-state index in [1.54, 1.807) is 12.1 Å². The van der Waals surface area contributed by atoms with Gasteiger partial charge in [0, 0.05) is 6.42 Å². The highest BCUT2D eigenvalue weighted by molar-refractivity contribution is 8.15. The number of amidine groups is 1. The lowest BCUT2D eigenvalue weighted by Crippen LogP contribution is -2.33. The highest BCUT2D eigenvalue weighted by atomic mass is 32.2. The Morgan fingerprint density at radius 1 is 1.55 bits per heavy atom. The number of nitrogens with one attached hydrogen (secondary N) is 2. The van der Waals surface area contributed by atoms with Crippen molar-refractivity contribution in [2.24, 2.45) is 10.2 Å². The summed E-state index contributed by atoms with van der Waals surface area (Å²) in [6, 6.07) is 3.39. The van der Waals surface area contributed by atoms with E-state index in [-0.39, 0.29) is 17.5 Å². The Morgan fingerprint density at radius 2 is 2.36 bits per heavy atom. The van der Waals surface area contributed by atoms with Crippen LogP contribution in [-0.2, 0) is 14.4 Å². The number of carbonyl (C=O) groups excluding carboxylic acids is 2.